The molecule has 12 heteroatoms. The molecule has 0 spiro atoms. The number of hydrogen-bond acceptors (Lipinski definition) is 4. The Morgan fingerprint density at radius 2 is 1.72 bits per heavy atom. The predicted octanol–water partition coefficient (Wildman–Crippen LogP) is 5.30. The molecule has 1 atom stereocenters. The molecule has 2 amide bonds. The average molecular weight is 588 g/mol. The summed E-state index contributed by atoms with van der Waals surface area (Å²) in [7, 11) is -4.20. The summed E-state index contributed by atoms with van der Waals surface area (Å²) in [6.07, 6.45) is -0.0909. The van der Waals surface area contributed by atoms with Gasteiger partial charge in [-0.3, -0.25) is 13.9 Å². The molecule has 2 aromatic rings. The zero-order valence-electron chi connectivity index (χ0n) is 22.1. The Bertz CT molecular complexity index is 1280. The van der Waals surface area contributed by atoms with Crippen molar-refractivity contribution in [2.75, 3.05) is 17.1 Å². The van der Waals surface area contributed by atoms with E-state index < -0.39 is 45.3 Å². The third-order valence-electron chi connectivity index (χ3n) is 6.78. The predicted molar refractivity (Wildman–Crippen MR) is 145 cm³/mol. The van der Waals surface area contributed by atoms with Gasteiger partial charge in [-0.05, 0) is 49.9 Å². The molecule has 0 bridgehead atoms. The molecule has 2 aromatic carbocycles. The van der Waals surface area contributed by atoms with Gasteiger partial charge in [0, 0.05) is 12.6 Å². The van der Waals surface area contributed by atoms with Crippen LogP contribution in [-0.2, 0) is 32.3 Å². The van der Waals surface area contributed by atoms with E-state index >= 15 is 0 Å². The van der Waals surface area contributed by atoms with E-state index in [4.69, 9.17) is 11.6 Å². The first-order valence-corrected chi connectivity index (χ1v) is 14.9. The molecule has 39 heavy (non-hydrogen) atoms. The van der Waals surface area contributed by atoms with Crippen LogP contribution in [0.2, 0.25) is 5.02 Å². The van der Waals surface area contributed by atoms with Crippen molar-refractivity contribution >= 4 is 39.1 Å². The van der Waals surface area contributed by atoms with Gasteiger partial charge in [0.1, 0.15) is 12.6 Å². The Morgan fingerprint density at radius 1 is 1.10 bits per heavy atom. The lowest BCUT2D eigenvalue weighted by molar-refractivity contribution is -0.140. The van der Waals surface area contributed by atoms with Crippen molar-refractivity contribution in [1.29, 1.82) is 0 Å². The quantitative estimate of drug-likeness (QED) is 0.409. The van der Waals surface area contributed by atoms with Gasteiger partial charge in [0.15, 0.2) is 0 Å². The lowest BCUT2D eigenvalue weighted by Gasteiger charge is -2.33. The van der Waals surface area contributed by atoms with Crippen molar-refractivity contribution in [3.63, 3.8) is 0 Å². The van der Waals surface area contributed by atoms with Gasteiger partial charge in [0.25, 0.3) is 0 Å². The van der Waals surface area contributed by atoms with Gasteiger partial charge in [0.2, 0.25) is 21.8 Å². The van der Waals surface area contributed by atoms with Crippen molar-refractivity contribution in [3.8, 4) is 0 Å². The van der Waals surface area contributed by atoms with E-state index in [1.165, 1.54) is 4.90 Å². The van der Waals surface area contributed by atoms with Crippen LogP contribution in [0.15, 0.2) is 42.5 Å². The lowest BCUT2D eigenvalue weighted by Crippen LogP contribution is -2.53. The van der Waals surface area contributed by atoms with Crippen LogP contribution in [0.1, 0.15) is 55.7 Å². The smallest absolute Gasteiger partial charge is 0.352 e. The normalized spacial score (nSPS) is 15.2. The van der Waals surface area contributed by atoms with E-state index in [1.54, 1.807) is 19.1 Å². The van der Waals surface area contributed by atoms with Crippen molar-refractivity contribution < 1.29 is 31.2 Å². The van der Waals surface area contributed by atoms with Crippen molar-refractivity contribution in [2.24, 2.45) is 0 Å². The number of amides is 2. The molecule has 1 fully saturated rings. The summed E-state index contributed by atoms with van der Waals surface area (Å²) in [5.41, 5.74) is 0.134. The number of anilines is 1. The van der Waals surface area contributed by atoms with Gasteiger partial charge in [-0.15, -0.1) is 0 Å². The van der Waals surface area contributed by atoms with Crippen LogP contribution < -0.4 is 9.62 Å². The number of rotatable bonds is 10. The zero-order valence-corrected chi connectivity index (χ0v) is 23.7. The van der Waals surface area contributed by atoms with Gasteiger partial charge in [-0.1, -0.05) is 61.2 Å². The minimum absolute atomic E-state index is 0.00486. The largest absolute Gasteiger partial charge is 0.417 e. The Labute approximate surface area is 232 Å². The fraction of sp³-hybridized carbons (Fsp3) is 0.481. The van der Waals surface area contributed by atoms with E-state index in [1.807, 2.05) is 19.1 Å². The molecule has 1 aliphatic rings. The van der Waals surface area contributed by atoms with Crippen LogP contribution in [0.3, 0.4) is 0 Å². The van der Waals surface area contributed by atoms with Crippen LogP contribution >= 0.6 is 11.6 Å². The first kappa shape index (κ1) is 30.7. The number of alkyl halides is 3. The number of aryl methyl sites for hydroxylation is 1. The maximum absolute atomic E-state index is 13.7. The molecule has 1 saturated carbocycles. The number of benzene rings is 2. The molecule has 0 unspecified atom stereocenters. The lowest BCUT2D eigenvalue weighted by atomic mass is 10.1. The highest BCUT2D eigenvalue weighted by molar-refractivity contribution is 7.92. The average Bonchev–Trinajstić information content (AvgIpc) is 3.35. The number of carbonyl (C=O) groups is 2. The Hall–Kier alpha value is -2.79. The first-order chi connectivity index (χ1) is 18.2. The second-order valence-corrected chi connectivity index (χ2v) is 12.2. The molecular weight excluding hydrogens is 555 g/mol. The Balaban J connectivity index is 1.97. The fourth-order valence-corrected chi connectivity index (χ4v) is 5.74. The summed E-state index contributed by atoms with van der Waals surface area (Å²) in [6.45, 7) is 2.87. The summed E-state index contributed by atoms with van der Waals surface area (Å²) in [4.78, 5) is 28.3. The monoisotopic (exact) mass is 587 g/mol. The highest BCUT2D eigenvalue weighted by Crippen LogP contribution is 2.37. The summed E-state index contributed by atoms with van der Waals surface area (Å²) in [6, 6.07) is 9.07. The van der Waals surface area contributed by atoms with E-state index in [2.05, 4.69) is 5.32 Å². The summed E-state index contributed by atoms with van der Waals surface area (Å²) in [5.74, 6) is -1.07. The van der Waals surface area contributed by atoms with E-state index in [9.17, 15) is 31.2 Å². The summed E-state index contributed by atoms with van der Waals surface area (Å²) in [5, 5.41) is 2.41. The highest BCUT2D eigenvalue weighted by Gasteiger charge is 2.36. The number of halogens is 4. The highest BCUT2D eigenvalue weighted by atomic mass is 35.5. The molecule has 7 nitrogen and oxygen atoms in total. The topological polar surface area (TPSA) is 86.8 Å². The van der Waals surface area contributed by atoms with Crippen molar-refractivity contribution in [1.82, 2.24) is 10.2 Å². The van der Waals surface area contributed by atoms with Crippen LogP contribution in [-0.4, -0.2) is 50.0 Å². The molecule has 0 aromatic heterocycles. The Kier molecular flexibility index (Phi) is 9.93. The second-order valence-electron chi connectivity index (χ2n) is 9.85. The van der Waals surface area contributed by atoms with E-state index in [0.29, 0.717) is 10.4 Å². The van der Waals surface area contributed by atoms with Crippen molar-refractivity contribution in [2.45, 2.75) is 70.8 Å². The molecule has 0 radical (unpaired) electrons. The molecule has 214 valence electrons. The molecule has 0 aliphatic heterocycles. The molecule has 1 N–H and O–H groups in total. The molecule has 0 heterocycles. The van der Waals surface area contributed by atoms with Crippen LogP contribution in [0.25, 0.3) is 0 Å². The number of carbonyl (C=O) groups excluding carboxylic acids is 2. The second kappa shape index (κ2) is 12.6. The van der Waals surface area contributed by atoms with Gasteiger partial charge in [-0.2, -0.15) is 13.2 Å². The van der Waals surface area contributed by atoms with E-state index in [0.717, 1.165) is 55.2 Å². The first-order valence-electron chi connectivity index (χ1n) is 12.7. The number of hydrogen-bond donors (Lipinski definition) is 1. The summed E-state index contributed by atoms with van der Waals surface area (Å²) >= 11 is 5.71. The number of nitrogens with one attached hydrogen (secondary N) is 1. The number of sulfonamides is 1. The van der Waals surface area contributed by atoms with E-state index in [-0.39, 0.29) is 30.6 Å². The van der Waals surface area contributed by atoms with Crippen LogP contribution in [0.5, 0.6) is 0 Å². The maximum Gasteiger partial charge on any atom is 0.417 e. The number of nitrogens with zero attached hydrogens (tertiary/aromatic N) is 2. The third kappa shape index (κ3) is 8.11. The van der Waals surface area contributed by atoms with Gasteiger partial charge in [0.05, 0.1) is 22.5 Å². The SMILES string of the molecule is CC[C@@H](C(=O)NC1CCCC1)N(Cc1ccc(C)cc1)C(=O)CN(c1ccc(Cl)c(C(F)(F)F)c1)S(C)(=O)=O. The standard InChI is InChI=1S/C27H33ClF3N3O4S/c1-4-24(26(36)32-20-7-5-6-8-20)33(16-19-11-9-18(2)10-12-19)25(35)17-34(39(3,37)38)21-13-14-23(28)22(15-21)27(29,30)31/h9-15,20,24H,4-8,16-17H2,1-3H3,(H,32,36)/t24-/m0/s1. The minimum atomic E-state index is -4.83. The van der Waals surface area contributed by atoms with Gasteiger partial charge < -0.3 is 10.2 Å². The molecule has 0 saturated heterocycles. The third-order valence-corrected chi connectivity index (χ3v) is 8.25. The fourth-order valence-electron chi connectivity index (χ4n) is 4.68. The molecular formula is C27H33ClF3N3O4S. The van der Waals surface area contributed by atoms with Gasteiger partial charge >= 0.3 is 6.18 Å². The van der Waals surface area contributed by atoms with Crippen LogP contribution in [0.4, 0.5) is 18.9 Å². The minimum Gasteiger partial charge on any atom is -0.352 e. The van der Waals surface area contributed by atoms with Gasteiger partial charge in [-0.25, -0.2) is 8.42 Å². The van der Waals surface area contributed by atoms with Crippen molar-refractivity contribution in [3.05, 3.63) is 64.2 Å². The molecule has 1 aliphatic carbocycles. The van der Waals surface area contributed by atoms with Crippen LogP contribution in [0, 0.1) is 6.92 Å². The molecule has 3 rings (SSSR count). The Morgan fingerprint density at radius 3 is 2.26 bits per heavy atom. The zero-order chi connectivity index (χ0) is 29.0. The summed E-state index contributed by atoms with van der Waals surface area (Å²) < 4.78 is 66.5. The maximum atomic E-state index is 13.7.